The van der Waals surface area contributed by atoms with Crippen molar-refractivity contribution in [3.05, 3.63) is 0 Å². The zero-order chi connectivity index (χ0) is 6.69. The van der Waals surface area contributed by atoms with Crippen LogP contribution < -0.4 is 5.32 Å². The summed E-state index contributed by atoms with van der Waals surface area (Å²) >= 11 is 0. The van der Waals surface area contributed by atoms with E-state index in [0.29, 0.717) is 6.42 Å². The van der Waals surface area contributed by atoms with E-state index in [0.717, 1.165) is 13.0 Å². The highest BCUT2D eigenvalue weighted by atomic mass is 16.4. The lowest BCUT2D eigenvalue weighted by Crippen LogP contribution is -2.36. The molecule has 0 aromatic rings. The minimum atomic E-state index is -0.108. The van der Waals surface area contributed by atoms with Gasteiger partial charge in [-0.05, 0) is 6.42 Å². The SMILES string of the molecule is O=C1CCCNC1=NO. The first-order valence-electron chi connectivity index (χ1n) is 2.83. The Kier molecular flexibility index (Phi) is 1.67. The van der Waals surface area contributed by atoms with Gasteiger partial charge in [-0.3, -0.25) is 4.79 Å². The molecule has 1 heterocycles. The van der Waals surface area contributed by atoms with Crippen molar-refractivity contribution < 1.29 is 10.0 Å². The molecule has 2 N–H and O–H groups in total. The average Bonchev–Trinajstić information content (AvgIpc) is 1.89. The van der Waals surface area contributed by atoms with E-state index in [9.17, 15) is 4.79 Å². The fourth-order valence-corrected chi connectivity index (χ4v) is 0.764. The predicted molar refractivity (Wildman–Crippen MR) is 31.5 cm³/mol. The summed E-state index contributed by atoms with van der Waals surface area (Å²) in [5.41, 5.74) is 0. The summed E-state index contributed by atoms with van der Waals surface area (Å²) in [5.74, 6) is -0.00926. The molecule has 9 heavy (non-hydrogen) atoms. The fourth-order valence-electron chi connectivity index (χ4n) is 0.764. The van der Waals surface area contributed by atoms with Gasteiger partial charge < -0.3 is 10.5 Å². The van der Waals surface area contributed by atoms with Gasteiger partial charge >= 0.3 is 0 Å². The van der Waals surface area contributed by atoms with Crippen molar-refractivity contribution in [2.45, 2.75) is 12.8 Å². The Balaban J connectivity index is 2.60. The summed E-state index contributed by atoms with van der Waals surface area (Å²) in [6.07, 6.45) is 1.32. The number of hydrogen-bond donors (Lipinski definition) is 2. The number of nitrogens with one attached hydrogen (secondary N) is 1. The monoisotopic (exact) mass is 128 g/mol. The second-order valence-corrected chi connectivity index (χ2v) is 1.90. The molecule has 0 amide bonds. The minimum absolute atomic E-state index is 0.0984. The first-order valence-corrected chi connectivity index (χ1v) is 2.83. The number of ketones is 1. The first-order chi connectivity index (χ1) is 4.34. The third-order valence-corrected chi connectivity index (χ3v) is 1.24. The Labute approximate surface area is 52.5 Å². The van der Waals surface area contributed by atoms with E-state index in [4.69, 9.17) is 5.21 Å². The number of oxime groups is 1. The number of Topliss-reactive ketones (excluding diaryl/α,β-unsaturated/α-hetero) is 1. The van der Waals surface area contributed by atoms with Crippen LogP contribution in [-0.2, 0) is 4.79 Å². The van der Waals surface area contributed by atoms with Crippen LogP contribution in [0.1, 0.15) is 12.8 Å². The van der Waals surface area contributed by atoms with Crippen molar-refractivity contribution in [1.29, 1.82) is 0 Å². The van der Waals surface area contributed by atoms with Gasteiger partial charge in [0, 0.05) is 13.0 Å². The highest BCUT2D eigenvalue weighted by molar-refractivity contribution is 6.39. The molecule has 1 aliphatic rings. The van der Waals surface area contributed by atoms with E-state index in [1.165, 1.54) is 0 Å². The Morgan fingerprint density at radius 3 is 2.89 bits per heavy atom. The third-order valence-electron chi connectivity index (χ3n) is 1.24. The number of carbonyl (C=O) groups is 1. The largest absolute Gasteiger partial charge is 0.409 e. The summed E-state index contributed by atoms with van der Waals surface area (Å²) in [7, 11) is 0. The van der Waals surface area contributed by atoms with E-state index in [1.54, 1.807) is 0 Å². The van der Waals surface area contributed by atoms with Gasteiger partial charge in [-0.2, -0.15) is 0 Å². The molecule has 0 unspecified atom stereocenters. The summed E-state index contributed by atoms with van der Waals surface area (Å²) in [6.45, 7) is 0.727. The maximum atomic E-state index is 10.7. The Hall–Kier alpha value is -1.06. The molecule has 0 aliphatic carbocycles. The van der Waals surface area contributed by atoms with E-state index >= 15 is 0 Å². The minimum Gasteiger partial charge on any atom is -0.409 e. The second-order valence-electron chi connectivity index (χ2n) is 1.90. The number of carbonyl (C=O) groups excluding carboxylic acids is 1. The van der Waals surface area contributed by atoms with Crippen molar-refractivity contribution in [2.24, 2.45) is 5.16 Å². The van der Waals surface area contributed by atoms with Crippen molar-refractivity contribution in [2.75, 3.05) is 6.54 Å². The highest BCUT2D eigenvalue weighted by Gasteiger charge is 2.15. The number of amidine groups is 1. The standard InChI is InChI=1S/C5H8N2O2/c8-4-2-1-3-6-5(4)7-9/h9H,1-3H2,(H,6,7). The Morgan fingerprint density at radius 2 is 2.44 bits per heavy atom. The third kappa shape index (κ3) is 1.19. The first kappa shape index (κ1) is 6.07. The van der Waals surface area contributed by atoms with Crippen LogP contribution in [0, 0.1) is 0 Å². The molecule has 0 spiro atoms. The zero-order valence-electron chi connectivity index (χ0n) is 4.92. The van der Waals surface area contributed by atoms with Crippen molar-refractivity contribution in [3.63, 3.8) is 0 Å². The average molecular weight is 128 g/mol. The van der Waals surface area contributed by atoms with Crippen LogP contribution in [0.2, 0.25) is 0 Å². The Bertz CT molecular complexity index is 153. The molecule has 0 aromatic carbocycles. The predicted octanol–water partition coefficient (Wildman–Crippen LogP) is -0.273. The van der Waals surface area contributed by atoms with Gasteiger partial charge in [0.1, 0.15) is 0 Å². The Morgan fingerprint density at radius 1 is 1.67 bits per heavy atom. The van der Waals surface area contributed by atoms with Crippen LogP contribution in [-0.4, -0.2) is 23.4 Å². The van der Waals surface area contributed by atoms with Crippen molar-refractivity contribution in [3.8, 4) is 0 Å². The van der Waals surface area contributed by atoms with E-state index in [1.807, 2.05) is 0 Å². The molecule has 0 bridgehead atoms. The van der Waals surface area contributed by atoms with Crippen LogP contribution in [0.3, 0.4) is 0 Å². The van der Waals surface area contributed by atoms with E-state index < -0.39 is 0 Å². The quantitative estimate of drug-likeness (QED) is 0.348. The topological polar surface area (TPSA) is 61.7 Å². The summed E-state index contributed by atoms with van der Waals surface area (Å²) in [5, 5.41) is 13.6. The van der Waals surface area contributed by atoms with Crippen LogP contribution >= 0.6 is 0 Å². The van der Waals surface area contributed by atoms with Gasteiger partial charge in [0.15, 0.2) is 0 Å². The molecule has 0 radical (unpaired) electrons. The van der Waals surface area contributed by atoms with Crippen LogP contribution in [0.15, 0.2) is 5.16 Å². The molecule has 0 saturated carbocycles. The summed E-state index contributed by atoms with van der Waals surface area (Å²) in [4.78, 5) is 10.7. The summed E-state index contributed by atoms with van der Waals surface area (Å²) in [6, 6.07) is 0. The molecule has 0 aromatic heterocycles. The van der Waals surface area contributed by atoms with Gasteiger partial charge in [-0.25, -0.2) is 0 Å². The molecule has 1 saturated heterocycles. The van der Waals surface area contributed by atoms with Crippen LogP contribution in [0.4, 0.5) is 0 Å². The van der Waals surface area contributed by atoms with Crippen LogP contribution in [0.5, 0.6) is 0 Å². The van der Waals surface area contributed by atoms with Gasteiger partial charge in [-0.1, -0.05) is 5.16 Å². The number of nitrogens with zero attached hydrogens (tertiary/aromatic N) is 1. The van der Waals surface area contributed by atoms with E-state index in [-0.39, 0.29) is 11.6 Å². The molecule has 1 rings (SSSR count). The molecule has 0 atom stereocenters. The van der Waals surface area contributed by atoms with Gasteiger partial charge in [0.05, 0.1) is 0 Å². The zero-order valence-corrected chi connectivity index (χ0v) is 4.92. The molecule has 1 fully saturated rings. The lowest BCUT2D eigenvalue weighted by molar-refractivity contribution is -0.113. The number of hydrogen-bond acceptors (Lipinski definition) is 3. The summed E-state index contributed by atoms with van der Waals surface area (Å²) < 4.78 is 0. The van der Waals surface area contributed by atoms with Gasteiger partial charge in [-0.15, -0.1) is 0 Å². The number of rotatable bonds is 0. The molecule has 4 nitrogen and oxygen atoms in total. The fraction of sp³-hybridized carbons (Fsp3) is 0.600. The second kappa shape index (κ2) is 2.48. The molecule has 4 heteroatoms. The lowest BCUT2D eigenvalue weighted by atomic mass is 10.1. The van der Waals surface area contributed by atoms with Gasteiger partial charge in [0.25, 0.3) is 0 Å². The normalized spacial score (nSPS) is 24.0. The maximum Gasteiger partial charge on any atom is 0.208 e. The molecular weight excluding hydrogens is 120 g/mol. The lowest BCUT2D eigenvalue weighted by Gasteiger charge is -2.11. The van der Waals surface area contributed by atoms with Crippen molar-refractivity contribution >= 4 is 11.6 Å². The van der Waals surface area contributed by atoms with E-state index in [2.05, 4.69) is 10.5 Å². The maximum absolute atomic E-state index is 10.7. The molecule has 1 aliphatic heterocycles. The van der Waals surface area contributed by atoms with Gasteiger partial charge in [0.2, 0.25) is 11.6 Å². The van der Waals surface area contributed by atoms with Crippen LogP contribution in [0.25, 0.3) is 0 Å². The van der Waals surface area contributed by atoms with Crippen molar-refractivity contribution in [1.82, 2.24) is 5.32 Å². The number of piperidine rings is 1. The molecular formula is C5H8N2O2. The highest BCUT2D eigenvalue weighted by Crippen LogP contribution is 1.96. The smallest absolute Gasteiger partial charge is 0.208 e. The molecule has 50 valence electrons.